The first-order valence-corrected chi connectivity index (χ1v) is 8.65. The van der Waals surface area contributed by atoms with Crippen LogP contribution in [0.15, 0.2) is 18.2 Å². The molecule has 1 aromatic heterocycles. The van der Waals surface area contributed by atoms with Crippen LogP contribution in [0.25, 0.3) is 10.2 Å². The normalized spacial score (nSPS) is 15.7. The Hall–Kier alpha value is -2.02. The third kappa shape index (κ3) is 3.67. The second-order valence-corrected chi connectivity index (χ2v) is 6.45. The topological polar surface area (TPSA) is 63.7 Å². The number of likely N-dealkylation sites (tertiary alicyclic amines) is 1. The molecule has 0 saturated carbocycles. The predicted octanol–water partition coefficient (Wildman–Crippen LogP) is 2.88. The van der Waals surface area contributed by atoms with E-state index in [0.29, 0.717) is 11.7 Å². The number of rotatable bonds is 4. The van der Waals surface area contributed by atoms with Crippen molar-refractivity contribution in [1.29, 1.82) is 0 Å². The van der Waals surface area contributed by atoms with Crippen LogP contribution in [0.4, 0.5) is 4.79 Å². The molecule has 6 nitrogen and oxygen atoms in total. The van der Waals surface area contributed by atoms with Crippen LogP contribution in [0.3, 0.4) is 0 Å². The lowest BCUT2D eigenvalue weighted by Crippen LogP contribution is -2.46. The van der Waals surface area contributed by atoms with E-state index in [4.69, 9.17) is 9.47 Å². The summed E-state index contributed by atoms with van der Waals surface area (Å²) in [4.78, 5) is 18.2. The fraction of sp³-hybridized carbons (Fsp3) is 0.500. The molecule has 2 amide bonds. The molecule has 2 aromatic rings. The molecule has 124 valence electrons. The van der Waals surface area contributed by atoms with E-state index in [0.717, 1.165) is 41.9 Å². The molecule has 0 radical (unpaired) electrons. The number of fused-ring (bicyclic) bond motifs is 1. The fourth-order valence-corrected chi connectivity index (χ4v) is 3.51. The number of amides is 2. The summed E-state index contributed by atoms with van der Waals surface area (Å²) >= 11 is 1.54. The summed E-state index contributed by atoms with van der Waals surface area (Å²) < 4.78 is 12.3. The van der Waals surface area contributed by atoms with Gasteiger partial charge in [0.05, 0.1) is 17.3 Å². The fourth-order valence-electron chi connectivity index (χ4n) is 2.65. The van der Waals surface area contributed by atoms with Gasteiger partial charge in [0.25, 0.3) is 5.19 Å². The Morgan fingerprint density at radius 3 is 2.91 bits per heavy atom. The van der Waals surface area contributed by atoms with Gasteiger partial charge in [-0.3, -0.25) is 0 Å². The predicted molar refractivity (Wildman–Crippen MR) is 90.5 cm³/mol. The number of ether oxygens (including phenoxy) is 2. The van der Waals surface area contributed by atoms with Crippen LogP contribution >= 0.6 is 11.3 Å². The number of thiazole rings is 1. The molecular formula is C16H21N3O3S. The number of benzene rings is 1. The second kappa shape index (κ2) is 7.04. The molecule has 3 rings (SSSR count). The van der Waals surface area contributed by atoms with Gasteiger partial charge in [-0.1, -0.05) is 11.3 Å². The Balaban J connectivity index is 1.59. The Kier molecular flexibility index (Phi) is 4.85. The standard InChI is InChI=1S/C16H21N3O3S/c1-3-17-15(20)19-8-6-11(7-9-19)22-16-18-13-10-12(21-2)4-5-14(13)23-16/h4-5,10-11H,3,6-9H2,1-2H3,(H,17,20). The number of carbonyl (C=O) groups excluding carboxylic acids is 1. The average Bonchev–Trinajstić information content (AvgIpc) is 2.96. The molecule has 0 atom stereocenters. The van der Waals surface area contributed by atoms with Crippen molar-refractivity contribution in [2.75, 3.05) is 26.7 Å². The molecule has 2 heterocycles. The third-order valence-corrected chi connectivity index (χ3v) is 4.83. The summed E-state index contributed by atoms with van der Waals surface area (Å²) in [5, 5.41) is 3.52. The number of carbonyl (C=O) groups is 1. The van der Waals surface area contributed by atoms with Crippen LogP contribution in [-0.4, -0.2) is 48.8 Å². The molecule has 0 aliphatic carbocycles. The van der Waals surface area contributed by atoms with E-state index in [1.54, 1.807) is 18.4 Å². The molecule has 1 aliphatic heterocycles. The summed E-state index contributed by atoms with van der Waals surface area (Å²) in [5.74, 6) is 0.796. The zero-order valence-corrected chi connectivity index (χ0v) is 14.2. The summed E-state index contributed by atoms with van der Waals surface area (Å²) in [6, 6.07) is 5.85. The monoisotopic (exact) mass is 335 g/mol. The number of nitrogens with zero attached hydrogens (tertiary/aromatic N) is 2. The average molecular weight is 335 g/mol. The molecular weight excluding hydrogens is 314 g/mol. The lowest BCUT2D eigenvalue weighted by atomic mass is 10.1. The maximum atomic E-state index is 11.8. The largest absolute Gasteiger partial charge is 0.497 e. The zero-order chi connectivity index (χ0) is 16.2. The number of piperidine rings is 1. The number of nitrogens with one attached hydrogen (secondary N) is 1. The third-order valence-electron chi connectivity index (χ3n) is 3.90. The Bertz CT molecular complexity index is 680. The van der Waals surface area contributed by atoms with E-state index in [1.165, 1.54) is 0 Å². The molecule has 0 unspecified atom stereocenters. The number of methoxy groups -OCH3 is 1. The van der Waals surface area contributed by atoms with E-state index < -0.39 is 0 Å². The molecule has 1 fully saturated rings. The van der Waals surface area contributed by atoms with Crippen molar-refractivity contribution in [3.05, 3.63) is 18.2 Å². The highest BCUT2D eigenvalue weighted by molar-refractivity contribution is 7.20. The molecule has 1 aliphatic rings. The molecule has 0 spiro atoms. The first-order chi connectivity index (χ1) is 11.2. The van der Waals surface area contributed by atoms with Crippen molar-refractivity contribution >= 4 is 27.6 Å². The first kappa shape index (κ1) is 15.9. The first-order valence-electron chi connectivity index (χ1n) is 7.83. The van der Waals surface area contributed by atoms with E-state index in [-0.39, 0.29) is 12.1 Å². The van der Waals surface area contributed by atoms with Gasteiger partial charge in [-0.05, 0) is 19.1 Å². The van der Waals surface area contributed by atoms with Crippen LogP contribution in [0.2, 0.25) is 0 Å². The van der Waals surface area contributed by atoms with Gasteiger partial charge in [0.15, 0.2) is 0 Å². The Morgan fingerprint density at radius 1 is 1.43 bits per heavy atom. The zero-order valence-electron chi connectivity index (χ0n) is 13.4. The summed E-state index contributed by atoms with van der Waals surface area (Å²) in [6.07, 6.45) is 1.77. The highest BCUT2D eigenvalue weighted by Gasteiger charge is 2.24. The van der Waals surface area contributed by atoms with Crippen molar-refractivity contribution < 1.29 is 14.3 Å². The maximum Gasteiger partial charge on any atom is 0.317 e. The minimum atomic E-state index is 0.0121. The smallest absolute Gasteiger partial charge is 0.317 e. The molecule has 23 heavy (non-hydrogen) atoms. The van der Waals surface area contributed by atoms with Crippen molar-refractivity contribution in [1.82, 2.24) is 15.2 Å². The molecule has 1 N–H and O–H groups in total. The van der Waals surface area contributed by atoms with Crippen molar-refractivity contribution in [3.63, 3.8) is 0 Å². The van der Waals surface area contributed by atoms with Gasteiger partial charge in [-0.15, -0.1) is 0 Å². The highest BCUT2D eigenvalue weighted by atomic mass is 32.1. The van der Waals surface area contributed by atoms with Gasteiger partial charge in [0, 0.05) is 38.5 Å². The van der Waals surface area contributed by atoms with Crippen LogP contribution < -0.4 is 14.8 Å². The summed E-state index contributed by atoms with van der Waals surface area (Å²) in [6.45, 7) is 4.02. The SMILES string of the molecule is CCNC(=O)N1CCC(Oc2nc3cc(OC)ccc3s2)CC1. The maximum absolute atomic E-state index is 11.8. The van der Waals surface area contributed by atoms with Gasteiger partial charge in [-0.25, -0.2) is 9.78 Å². The number of aromatic nitrogens is 1. The van der Waals surface area contributed by atoms with Gasteiger partial charge >= 0.3 is 6.03 Å². The van der Waals surface area contributed by atoms with Gasteiger partial charge in [0.2, 0.25) is 0 Å². The molecule has 1 aromatic carbocycles. The Labute approximate surface area is 139 Å². The van der Waals surface area contributed by atoms with Gasteiger partial charge in [0.1, 0.15) is 11.9 Å². The van der Waals surface area contributed by atoms with Crippen LogP contribution in [0, 0.1) is 0 Å². The molecule has 0 bridgehead atoms. The second-order valence-electron chi connectivity index (χ2n) is 5.45. The van der Waals surface area contributed by atoms with Crippen LogP contribution in [-0.2, 0) is 0 Å². The number of hydrogen-bond donors (Lipinski definition) is 1. The minimum Gasteiger partial charge on any atom is -0.497 e. The molecule has 1 saturated heterocycles. The minimum absolute atomic E-state index is 0.0121. The van der Waals surface area contributed by atoms with E-state index in [1.807, 2.05) is 30.0 Å². The number of hydrogen-bond acceptors (Lipinski definition) is 5. The van der Waals surface area contributed by atoms with E-state index >= 15 is 0 Å². The number of urea groups is 1. The van der Waals surface area contributed by atoms with Gasteiger partial charge in [-0.2, -0.15) is 0 Å². The van der Waals surface area contributed by atoms with Crippen molar-refractivity contribution in [3.8, 4) is 10.9 Å². The highest BCUT2D eigenvalue weighted by Crippen LogP contribution is 2.31. The lowest BCUT2D eigenvalue weighted by molar-refractivity contribution is 0.111. The van der Waals surface area contributed by atoms with Gasteiger partial charge < -0.3 is 19.7 Å². The van der Waals surface area contributed by atoms with Crippen molar-refractivity contribution in [2.45, 2.75) is 25.9 Å². The van der Waals surface area contributed by atoms with Crippen LogP contribution in [0.5, 0.6) is 10.9 Å². The Morgan fingerprint density at radius 2 is 2.22 bits per heavy atom. The molecule has 7 heteroatoms. The van der Waals surface area contributed by atoms with E-state index in [2.05, 4.69) is 10.3 Å². The summed E-state index contributed by atoms with van der Waals surface area (Å²) in [5.41, 5.74) is 0.893. The quantitative estimate of drug-likeness (QED) is 0.933. The lowest BCUT2D eigenvalue weighted by Gasteiger charge is -2.31. The summed E-state index contributed by atoms with van der Waals surface area (Å²) in [7, 11) is 1.65. The van der Waals surface area contributed by atoms with Crippen LogP contribution in [0.1, 0.15) is 19.8 Å². The van der Waals surface area contributed by atoms with E-state index in [9.17, 15) is 4.79 Å². The van der Waals surface area contributed by atoms with Crippen molar-refractivity contribution in [2.24, 2.45) is 0 Å².